The third kappa shape index (κ3) is 2.82. The average Bonchev–Trinajstić information content (AvgIpc) is 2.98. The van der Waals surface area contributed by atoms with Crippen molar-refractivity contribution >= 4 is 17.6 Å². The number of H-pyrrole nitrogens is 1. The highest BCUT2D eigenvalue weighted by Crippen LogP contribution is 2.11. The molecule has 2 aromatic heterocycles. The quantitative estimate of drug-likeness (QED) is 0.810. The Kier molecular flexibility index (Phi) is 3.65. The molecule has 0 saturated heterocycles. The van der Waals surface area contributed by atoms with Gasteiger partial charge in [0.15, 0.2) is 5.82 Å². The van der Waals surface area contributed by atoms with E-state index in [0.717, 1.165) is 0 Å². The van der Waals surface area contributed by atoms with Crippen LogP contribution in [0.2, 0.25) is 0 Å². The van der Waals surface area contributed by atoms with Crippen LogP contribution in [0.25, 0.3) is 0 Å². The highest BCUT2D eigenvalue weighted by atomic mass is 16.5. The van der Waals surface area contributed by atoms with Crippen LogP contribution in [0.3, 0.4) is 0 Å². The van der Waals surface area contributed by atoms with E-state index < -0.39 is 5.97 Å². The van der Waals surface area contributed by atoms with Crippen molar-refractivity contribution in [2.45, 2.75) is 6.92 Å². The number of anilines is 1. The lowest BCUT2D eigenvalue weighted by molar-refractivity contribution is 0.0520. The molecule has 2 rings (SSSR count). The van der Waals surface area contributed by atoms with E-state index in [1.165, 1.54) is 18.5 Å². The topological polar surface area (TPSA) is 89.0 Å². The maximum Gasteiger partial charge on any atom is 0.354 e. The van der Waals surface area contributed by atoms with Gasteiger partial charge in [-0.05, 0) is 13.0 Å². The Morgan fingerprint density at radius 1 is 1.53 bits per heavy atom. The zero-order chi connectivity index (χ0) is 13.8. The summed E-state index contributed by atoms with van der Waals surface area (Å²) in [7, 11) is 1.73. The van der Waals surface area contributed by atoms with Gasteiger partial charge >= 0.3 is 5.97 Å². The fourth-order valence-electron chi connectivity index (χ4n) is 1.56. The number of ether oxygens (including phenoxy) is 1. The van der Waals surface area contributed by atoms with E-state index in [2.05, 4.69) is 15.3 Å². The summed E-state index contributed by atoms with van der Waals surface area (Å²) in [5, 5.41) is 2.64. The first-order chi connectivity index (χ1) is 9.11. The number of carbonyl (C=O) groups excluding carboxylic acids is 2. The molecule has 2 heterocycles. The summed E-state index contributed by atoms with van der Waals surface area (Å²) in [6.07, 6.45) is 4.74. The molecule has 0 radical (unpaired) electrons. The number of rotatable bonds is 4. The minimum absolute atomic E-state index is 0.289. The van der Waals surface area contributed by atoms with E-state index in [-0.39, 0.29) is 11.6 Å². The number of hydrogen-bond acceptors (Lipinski definition) is 4. The molecule has 1 amide bonds. The molecule has 0 aromatic carbocycles. The molecule has 0 spiro atoms. The second-order valence-electron chi connectivity index (χ2n) is 3.84. The number of esters is 1. The molecular weight excluding hydrogens is 248 g/mol. The Labute approximate surface area is 109 Å². The first kappa shape index (κ1) is 12.9. The summed E-state index contributed by atoms with van der Waals surface area (Å²) in [5.41, 5.74) is 0.771. The van der Waals surface area contributed by atoms with Crippen molar-refractivity contribution in [3.8, 4) is 0 Å². The number of hydrogen-bond donors (Lipinski definition) is 2. The highest BCUT2D eigenvalue weighted by Gasteiger charge is 2.14. The van der Waals surface area contributed by atoms with Crippen molar-refractivity contribution < 1.29 is 14.3 Å². The third-order valence-electron chi connectivity index (χ3n) is 2.46. The SMILES string of the molecule is CCOC(=O)c1cc(NC(=O)c2nccn2C)c[nH]1. The van der Waals surface area contributed by atoms with Crippen LogP contribution in [-0.2, 0) is 11.8 Å². The number of amides is 1. The summed E-state index contributed by atoms with van der Waals surface area (Å²) in [5.74, 6) is -0.513. The van der Waals surface area contributed by atoms with Crippen LogP contribution >= 0.6 is 0 Å². The molecule has 100 valence electrons. The molecule has 7 nitrogen and oxygen atoms in total. The number of nitrogens with one attached hydrogen (secondary N) is 2. The maximum absolute atomic E-state index is 11.9. The van der Waals surface area contributed by atoms with E-state index in [0.29, 0.717) is 18.1 Å². The second-order valence-corrected chi connectivity index (χ2v) is 3.84. The average molecular weight is 262 g/mol. The van der Waals surface area contributed by atoms with E-state index in [1.54, 1.807) is 24.7 Å². The fourth-order valence-corrected chi connectivity index (χ4v) is 1.56. The van der Waals surface area contributed by atoms with E-state index in [9.17, 15) is 9.59 Å². The smallest absolute Gasteiger partial charge is 0.354 e. The monoisotopic (exact) mass is 262 g/mol. The molecule has 0 unspecified atom stereocenters. The van der Waals surface area contributed by atoms with Crippen molar-refractivity contribution in [2.24, 2.45) is 7.05 Å². The van der Waals surface area contributed by atoms with Crippen molar-refractivity contribution in [3.05, 3.63) is 36.2 Å². The standard InChI is InChI=1S/C12H14N4O3/c1-3-19-12(18)9-6-8(7-14-9)15-11(17)10-13-4-5-16(10)2/h4-7,14H,3H2,1-2H3,(H,15,17). The van der Waals surface area contributed by atoms with Crippen LogP contribution in [0.4, 0.5) is 5.69 Å². The van der Waals surface area contributed by atoms with Gasteiger partial charge in [0.25, 0.3) is 5.91 Å². The number of imidazole rings is 1. The summed E-state index contributed by atoms with van der Waals surface area (Å²) >= 11 is 0. The minimum Gasteiger partial charge on any atom is -0.461 e. The van der Waals surface area contributed by atoms with E-state index in [4.69, 9.17) is 4.74 Å². The minimum atomic E-state index is -0.458. The van der Waals surface area contributed by atoms with Gasteiger partial charge < -0.3 is 19.6 Å². The molecular formula is C12H14N4O3. The largest absolute Gasteiger partial charge is 0.461 e. The zero-order valence-electron chi connectivity index (χ0n) is 10.6. The first-order valence-corrected chi connectivity index (χ1v) is 5.76. The molecule has 19 heavy (non-hydrogen) atoms. The van der Waals surface area contributed by atoms with Crippen molar-refractivity contribution in [2.75, 3.05) is 11.9 Å². The predicted molar refractivity (Wildman–Crippen MR) is 67.9 cm³/mol. The van der Waals surface area contributed by atoms with Crippen molar-refractivity contribution in [1.82, 2.24) is 14.5 Å². The van der Waals surface area contributed by atoms with Crippen LogP contribution in [0.5, 0.6) is 0 Å². The number of aromatic amines is 1. The molecule has 0 aliphatic heterocycles. The normalized spacial score (nSPS) is 10.2. The Balaban J connectivity index is 2.06. The van der Waals surface area contributed by atoms with Crippen LogP contribution < -0.4 is 5.32 Å². The Bertz CT molecular complexity index is 600. The van der Waals surface area contributed by atoms with Crippen LogP contribution in [0.1, 0.15) is 28.0 Å². The van der Waals surface area contributed by atoms with E-state index in [1.807, 2.05) is 0 Å². The number of aryl methyl sites for hydroxylation is 1. The Morgan fingerprint density at radius 2 is 2.32 bits per heavy atom. The van der Waals surface area contributed by atoms with Crippen LogP contribution in [-0.4, -0.2) is 33.0 Å². The lowest BCUT2D eigenvalue weighted by atomic mass is 10.4. The predicted octanol–water partition coefficient (Wildman–Crippen LogP) is 1.18. The van der Waals surface area contributed by atoms with Gasteiger partial charge in [0, 0.05) is 25.6 Å². The number of carbonyl (C=O) groups is 2. The van der Waals surface area contributed by atoms with Gasteiger partial charge in [-0.3, -0.25) is 4.79 Å². The Morgan fingerprint density at radius 3 is 2.95 bits per heavy atom. The summed E-state index contributed by atoms with van der Waals surface area (Å²) in [6, 6.07) is 1.51. The summed E-state index contributed by atoms with van der Waals surface area (Å²) in [4.78, 5) is 30.0. The molecule has 0 aliphatic carbocycles. The fraction of sp³-hybridized carbons (Fsp3) is 0.250. The first-order valence-electron chi connectivity index (χ1n) is 5.76. The molecule has 0 bridgehead atoms. The lowest BCUT2D eigenvalue weighted by Gasteiger charge is -2.02. The Hall–Kier alpha value is -2.57. The van der Waals surface area contributed by atoms with E-state index >= 15 is 0 Å². The summed E-state index contributed by atoms with van der Waals surface area (Å²) in [6.45, 7) is 2.03. The zero-order valence-corrected chi connectivity index (χ0v) is 10.6. The van der Waals surface area contributed by atoms with Gasteiger partial charge in [0.05, 0.1) is 12.3 Å². The van der Waals surface area contributed by atoms with Gasteiger partial charge in [-0.25, -0.2) is 9.78 Å². The van der Waals surface area contributed by atoms with Crippen LogP contribution in [0.15, 0.2) is 24.7 Å². The lowest BCUT2D eigenvalue weighted by Crippen LogP contribution is -2.16. The number of nitrogens with zero attached hydrogens (tertiary/aromatic N) is 2. The van der Waals surface area contributed by atoms with Crippen molar-refractivity contribution in [3.63, 3.8) is 0 Å². The molecule has 0 saturated carbocycles. The molecule has 2 aromatic rings. The molecule has 0 fully saturated rings. The third-order valence-corrected chi connectivity index (χ3v) is 2.46. The van der Waals surface area contributed by atoms with Gasteiger partial charge in [-0.1, -0.05) is 0 Å². The highest BCUT2D eigenvalue weighted by molar-refractivity contribution is 6.02. The van der Waals surface area contributed by atoms with Gasteiger partial charge in [0.1, 0.15) is 5.69 Å². The molecule has 0 aliphatic rings. The van der Waals surface area contributed by atoms with Crippen molar-refractivity contribution in [1.29, 1.82) is 0 Å². The van der Waals surface area contributed by atoms with Crippen LogP contribution in [0, 0.1) is 0 Å². The van der Waals surface area contributed by atoms with Gasteiger partial charge in [-0.15, -0.1) is 0 Å². The number of aromatic nitrogens is 3. The van der Waals surface area contributed by atoms with Gasteiger partial charge in [0.2, 0.25) is 0 Å². The second kappa shape index (κ2) is 5.38. The summed E-state index contributed by atoms with van der Waals surface area (Å²) < 4.78 is 6.44. The maximum atomic E-state index is 11.9. The molecule has 7 heteroatoms. The molecule has 0 atom stereocenters. The molecule has 2 N–H and O–H groups in total. The van der Waals surface area contributed by atoms with Gasteiger partial charge in [-0.2, -0.15) is 0 Å².